The number of hydrogen-bond acceptors (Lipinski definition) is 6. The minimum Gasteiger partial charge on any atom is -0.497 e. The molecule has 142 valence electrons. The van der Waals surface area contributed by atoms with E-state index >= 15 is 0 Å². The van der Waals surface area contributed by atoms with Crippen LogP contribution < -0.4 is 4.74 Å². The average Bonchev–Trinajstić information content (AvgIpc) is 3.05. The third-order valence-corrected chi connectivity index (χ3v) is 7.71. The molecule has 2 saturated heterocycles. The van der Waals surface area contributed by atoms with Crippen LogP contribution in [0.2, 0.25) is 0 Å². The van der Waals surface area contributed by atoms with E-state index < -0.39 is 9.84 Å². The standard InChI is InChI=1S/C17H22N2O5S2/c1-23-9-16(20)18-17-19(14-10-26(21,22)11-15(14)25-17)8-7-12-3-5-13(24-2)6-4-12/h3-6,14-15H,7-11H2,1-2H3. The first-order valence-corrected chi connectivity index (χ1v) is 11.0. The number of carbonyl (C=O) groups is 1. The molecule has 0 aromatic heterocycles. The summed E-state index contributed by atoms with van der Waals surface area (Å²) in [7, 11) is 0.0328. The van der Waals surface area contributed by atoms with Gasteiger partial charge in [0, 0.05) is 18.9 Å². The predicted octanol–water partition coefficient (Wildman–Crippen LogP) is 0.981. The van der Waals surface area contributed by atoms with Gasteiger partial charge in [-0.2, -0.15) is 4.99 Å². The Morgan fingerprint density at radius 2 is 2.00 bits per heavy atom. The van der Waals surface area contributed by atoms with Gasteiger partial charge in [0.1, 0.15) is 12.4 Å². The second-order valence-electron chi connectivity index (χ2n) is 6.31. The van der Waals surface area contributed by atoms with Gasteiger partial charge < -0.3 is 14.4 Å². The van der Waals surface area contributed by atoms with E-state index in [1.54, 1.807) is 7.11 Å². The van der Waals surface area contributed by atoms with E-state index in [2.05, 4.69) is 4.99 Å². The smallest absolute Gasteiger partial charge is 0.274 e. The molecule has 7 nitrogen and oxygen atoms in total. The molecule has 2 unspecified atom stereocenters. The Balaban J connectivity index is 1.75. The van der Waals surface area contributed by atoms with Gasteiger partial charge in [0.05, 0.1) is 24.7 Å². The zero-order chi connectivity index (χ0) is 18.7. The second-order valence-corrected chi connectivity index (χ2v) is 9.67. The highest BCUT2D eigenvalue weighted by molar-refractivity contribution is 8.15. The Morgan fingerprint density at radius 3 is 2.65 bits per heavy atom. The highest BCUT2D eigenvalue weighted by Gasteiger charge is 2.48. The van der Waals surface area contributed by atoms with Crippen LogP contribution in [0.15, 0.2) is 29.3 Å². The molecule has 1 aromatic carbocycles. The molecule has 1 amide bonds. The van der Waals surface area contributed by atoms with Crippen LogP contribution in [0.5, 0.6) is 5.75 Å². The Hall–Kier alpha value is -1.58. The average molecular weight is 399 g/mol. The molecule has 0 radical (unpaired) electrons. The molecule has 0 spiro atoms. The lowest BCUT2D eigenvalue weighted by Gasteiger charge is -2.24. The highest BCUT2D eigenvalue weighted by Crippen LogP contribution is 2.38. The molecule has 0 aliphatic carbocycles. The topological polar surface area (TPSA) is 85.3 Å². The molecule has 2 fully saturated rings. The number of rotatable bonds is 6. The van der Waals surface area contributed by atoms with Crippen LogP contribution >= 0.6 is 11.8 Å². The summed E-state index contributed by atoms with van der Waals surface area (Å²) in [6, 6.07) is 7.63. The molecule has 3 rings (SSSR count). The maximum absolute atomic E-state index is 12.0. The number of amides is 1. The van der Waals surface area contributed by atoms with Crippen LogP contribution in [0.25, 0.3) is 0 Å². The number of methoxy groups -OCH3 is 2. The third-order valence-electron chi connectivity index (χ3n) is 4.46. The van der Waals surface area contributed by atoms with Crippen molar-refractivity contribution in [3.05, 3.63) is 29.8 Å². The first-order valence-electron chi connectivity index (χ1n) is 8.29. The van der Waals surface area contributed by atoms with E-state index in [4.69, 9.17) is 9.47 Å². The van der Waals surface area contributed by atoms with Crippen LogP contribution in [-0.4, -0.2) is 74.6 Å². The van der Waals surface area contributed by atoms with Crippen LogP contribution in [0.4, 0.5) is 0 Å². The van der Waals surface area contributed by atoms with Gasteiger partial charge >= 0.3 is 0 Å². The lowest BCUT2D eigenvalue weighted by atomic mass is 10.1. The monoisotopic (exact) mass is 398 g/mol. The zero-order valence-electron chi connectivity index (χ0n) is 14.8. The van der Waals surface area contributed by atoms with Crippen LogP contribution in [0.3, 0.4) is 0 Å². The lowest BCUT2D eigenvalue weighted by molar-refractivity contribution is -0.121. The summed E-state index contributed by atoms with van der Waals surface area (Å²) in [6.45, 7) is 0.527. The van der Waals surface area contributed by atoms with Gasteiger partial charge in [-0.1, -0.05) is 23.9 Å². The number of carbonyl (C=O) groups excluding carboxylic acids is 1. The SMILES string of the molecule is COCC(=O)N=C1SC2CS(=O)(=O)CC2N1CCc1ccc(OC)cc1. The van der Waals surface area contributed by atoms with Gasteiger partial charge in [0.15, 0.2) is 15.0 Å². The van der Waals surface area contributed by atoms with Gasteiger partial charge in [-0.3, -0.25) is 4.79 Å². The van der Waals surface area contributed by atoms with Crippen molar-refractivity contribution >= 4 is 32.7 Å². The minimum absolute atomic E-state index is 0.0648. The molecule has 2 aliphatic heterocycles. The molecule has 0 N–H and O–H groups in total. The first kappa shape index (κ1) is 19.2. The number of hydrogen-bond donors (Lipinski definition) is 0. The summed E-state index contributed by atoms with van der Waals surface area (Å²) < 4.78 is 34.0. The molecule has 0 saturated carbocycles. The van der Waals surface area contributed by atoms with Crippen LogP contribution in [0, 0.1) is 0 Å². The van der Waals surface area contributed by atoms with Crippen molar-refractivity contribution in [3.63, 3.8) is 0 Å². The van der Waals surface area contributed by atoms with Gasteiger partial charge in [0.2, 0.25) is 0 Å². The molecular weight excluding hydrogens is 376 g/mol. The highest BCUT2D eigenvalue weighted by atomic mass is 32.2. The van der Waals surface area contributed by atoms with Crippen LogP contribution in [0.1, 0.15) is 5.56 Å². The quantitative estimate of drug-likeness (QED) is 0.706. The number of thioether (sulfide) groups is 1. The second kappa shape index (κ2) is 7.98. The Bertz CT molecular complexity index is 792. The van der Waals surface area contributed by atoms with Gasteiger partial charge in [-0.25, -0.2) is 8.42 Å². The number of sulfone groups is 1. The summed E-state index contributed by atoms with van der Waals surface area (Å²) in [4.78, 5) is 18.0. The summed E-state index contributed by atoms with van der Waals surface area (Å²) in [5.74, 6) is 0.691. The fraction of sp³-hybridized carbons (Fsp3) is 0.529. The maximum atomic E-state index is 12.0. The lowest BCUT2D eigenvalue weighted by Crippen LogP contribution is -2.39. The molecule has 26 heavy (non-hydrogen) atoms. The van der Waals surface area contributed by atoms with Gasteiger partial charge in [-0.05, 0) is 24.1 Å². The van der Waals surface area contributed by atoms with Crippen molar-refractivity contribution in [1.29, 1.82) is 0 Å². The predicted molar refractivity (Wildman–Crippen MR) is 102 cm³/mol. The summed E-state index contributed by atoms with van der Waals surface area (Å²) in [5, 5.41) is 0.537. The van der Waals surface area contributed by atoms with E-state index in [0.29, 0.717) is 11.7 Å². The van der Waals surface area contributed by atoms with E-state index in [1.165, 1.54) is 18.9 Å². The summed E-state index contributed by atoms with van der Waals surface area (Å²) in [6.07, 6.45) is 0.727. The maximum Gasteiger partial charge on any atom is 0.274 e. The molecule has 0 bridgehead atoms. The van der Waals surface area contributed by atoms with Crippen LogP contribution in [-0.2, 0) is 25.8 Å². The van der Waals surface area contributed by atoms with Crippen molar-refractivity contribution in [2.24, 2.45) is 4.99 Å². The van der Waals surface area contributed by atoms with E-state index in [-0.39, 0.29) is 35.3 Å². The minimum atomic E-state index is -3.04. The number of nitrogens with zero attached hydrogens (tertiary/aromatic N) is 2. The molecular formula is C17H22N2O5S2. The van der Waals surface area contributed by atoms with Crippen molar-refractivity contribution in [2.45, 2.75) is 17.7 Å². The zero-order valence-corrected chi connectivity index (χ0v) is 16.4. The number of ether oxygens (including phenoxy) is 2. The van der Waals surface area contributed by atoms with Crippen molar-refractivity contribution in [2.75, 3.05) is 38.9 Å². The van der Waals surface area contributed by atoms with Crippen molar-refractivity contribution < 1.29 is 22.7 Å². The number of aliphatic imine (C=N–C) groups is 1. The molecule has 2 heterocycles. The normalized spacial score (nSPS) is 25.5. The largest absolute Gasteiger partial charge is 0.497 e. The van der Waals surface area contributed by atoms with Gasteiger partial charge in [0.25, 0.3) is 5.91 Å². The van der Waals surface area contributed by atoms with E-state index in [1.807, 2.05) is 29.2 Å². The Morgan fingerprint density at radius 1 is 1.27 bits per heavy atom. The van der Waals surface area contributed by atoms with Gasteiger partial charge in [-0.15, -0.1) is 0 Å². The van der Waals surface area contributed by atoms with Crippen molar-refractivity contribution in [1.82, 2.24) is 4.90 Å². The fourth-order valence-corrected chi connectivity index (χ4v) is 7.20. The number of fused-ring (bicyclic) bond motifs is 1. The number of benzene rings is 1. The first-order chi connectivity index (χ1) is 12.4. The summed E-state index contributed by atoms with van der Waals surface area (Å²) in [5.41, 5.74) is 1.11. The number of amidine groups is 1. The van der Waals surface area contributed by atoms with E-state index in [0.717, 1.165) is 17.7 Å². The Kier molecular flexibility index (Phi) is 5.89. The Labute approximate surface area is 157 Å². The molecule has 2 atom stereocenters. The fourth-order valence-electron chi connectivity index (χ4n) is 3.20. The molecule has 9 heteroatoms. The molecule has 1 aromatic rings. The summed E-state index contributed by atoms with van der Waals surface area (Å²) >= 11 is 1.39. The van der Waals surface area contributed by atoms with E-state index in [9.17, 15) is 13.2 Å². The van der Waals surface area contributed by atoms with Crippen molar-refractivity contribution in [3.8, 4) is 5.75 Å². The third kappa shape index (κ3) is 4.39. The molecule has 2 aliphatic rings.